The maximum atomic E-state index is 11.8. The van der Waals surface area contributed by atoms with E-state index in [0.29, 0.717) is 5.75 Å². The molecule has 18 heavy (non-hydrogen) atoms. The van der Waals surface area contributed by atoms with Crippen LogP contribution in [-0.2, 0) is 14.6 Å². The predicted molar refractivity (Wildman–Crippen MR) is 72.2 cm³/mol. The minimum Gasteiger partial charge on any atom is -0.481 e. The summed E-state index contributed by atoms with van der Waals surface area (Å²) in [4.78, 5) is 10.5. The van der Waals surface area contributed by atoms with Gasteiger partial charge in [0.15, 0.2) is 9.84 Å². The van der Waals surface area contributed by atoms with Crippen LogP contribution in [-0.4, -0.2) is 25.2 Å². The average Bonchev–Trinajstić information content (AvgIpc) is 2.28. The fraction of sp³-hybridized carbons (Fsp3) is 0.250. The summed E-state index contributed by atoms with van der Waals surface area (Å²) in [5.74, 6) is -0.535. The molecule has 0 fully saturated rings. The molecule has 1 aromatic rings. The summed E-state index contributed by atoms with van der Waals surface area (Å²) >= 11 is 1.17. The number of thioether (sulfide) groups is 1. The number of rotatable bonds is 6. The van der Waals surface area contributed by atoms with Crippen LogP contribution in [0.4, 0.5) is 0 Å². The standard InChI is InChI=1S/C12H14O4S2/c1-10-2-4-11(5-3-10)18(15,16)9-8-17-7-6-12(13)14/h2-5,8-9H,6-7H2,1H3,(H,13,14)/b9-8+. The van der Waals surface area contributed by atoms with Gasteiger partial charge < -0.3 is 5.11 Å². The smallest absolute Gasteiger partial charge is 0.304 e. The van der Waals surface area contributed by atoms with Gasteiger partial charge in [0, 0.05) is 11.2 Å². The van der Waals surface area contributed by atoms with Crippen LogP contribution >= 0.6 is 11.8 Å². The van der Waals surface area contributed by atoms with Crippen molar-refractivity contribution in [2.75, 3.05) is 5.75 Å². The van der Waals surface area contributed by atoms with Gasteiger partial charge in [0.25, 0.3) is 0 Å². The zero-order chi connectivity index (χ0) is 13.6. The monoisotopic (exact) mass is 286 g/mol. The molecule has 0 spiro atoms. The Morgan fingerprint density at radius 3 is 2.50 bits per heavy atom. The number of aliphatic carboxylic acids is 1. The lowest BCUT2D eigenvalue weighted by Gasteiger charge is -1.99. The zero-order valence-corrected chi connectivity index (χ0v) is 11.5. The first-order chi connectivity index (χ1) is 8.42. The van der Waals surface area contributed by atoms with Gasteiger partial charge in [0.05, 0.1) is 11.3 Å². The van der Waals surface area contributed by atoms with E-state index >= 15 is 0 Å². The fourth-order valence-corrected chi connectivity index (χ4v) is 3.13. The van der Waals surface area contributed by atoms with Crippen LogP contribution in [0.3, 0.4) is 0 Å². The van der Waals surface area contributed by atoms with Gasteiger partial charge in [0.2, 0.25) is 0 Å². The van der Waals surface area contributed by atoms with Crippen LogP contribution in [0.2, 0.25) is 0 Å². The third-order valence-electron chi connectivity index (χ3n) is 2.11. The molecule has 1 rings (SSSR count). The lowest BCUT2D eigenvalue weighted by molar-refractivity contribution is -0.136. The van der Waals surface area contributed by atoms with Crippen molar-refractivity contribution in [3.63, 3.8) is 0 Å². The average molecular weight is 286 g/mol. The van der Waals surface area contributed by atoms with Crippen molar-refractivity contribution >= 4 is 27.6 Å². The minimum atomic E-state index is -3.43. The first-order valence-electron chi connectivity index (χ1n) is 5.23. The molecule has 0 unspecified atom stereocenters. The highest BCUT2D eigenvalue weighted by Gasteiger charge is 2.09. The molecule has 0 aromatic heterocycles. The van der Waals surface area contributed by atoms with Gasteiger partial charge in [-0.3, -0.25) is 4.79 Å². The number of sulfone groups is 1. The van der Waals surface area contributed by atoms with E-state index in [9.17, 15) is 13.2 Å². The highest BCUT2D eigenvalue weighted by molar-refractivity contribution is 8.03. The first kappa shape index (κ1) is 14.8. The molecule has 0 aliphatic carbocycles. The molecule has 0 radical (unpaired) electrons. The topological polar surface area (TPSA) is 71.4 Å². The third kappa shape index (κ3) is 4.93. The van der Waals surface area contributed by atoms with E-state index in [1.807, 2.05) is 6.92 Å². The Bertz CT molecular complexity index is 530. The van der Waals surface area contributed by atoms with Crippen molar-refractivity contribution in [3.8, 4) is 0 Å². The van der Waals surface area contributed by atoms with Gasteiger partial charge in [-0.25, -0.2) is 8.42 Å². The second-order valence-electron chi connectivity index (χ2n) is 3.64. The summed E-state index contributed by atoms with van der Waals surface area (Å²) < 4.78 is 23.6. The third-order valence-corrected chi connectivity index (χ3v) is 4.48. The molecule has 0 saturated heterocycles. The molecule has 0 aliphatic heterocycles. The number of carbonyl (C=O) groups is 1. The summed E-state index contributed by atoms with van der Waals surface area (Å²) in [6.07, 6.45) is 0.0135. The number of hydrogen-bond donors (Lipinski definition) is 1. The Morgan fingerprint density at radius 2 is 1.94 bits per heavy atom. The quantitative estimate of drug-likeness (QED) is 0.813. The number of aryl methyl sites for hydroxylation is 1. The van der Waals surface area contributed by atoms with Crippen molar-refractivity contribution in [3.05, 3.63) is 40.6 Å². The van der Waals surface area contributed by atoms with Crippen molar-refractivity contribution in [2.45, 2.75) is 18.2 Å². The van der Waals surface area contributed by atoms with E-state index in [-0.39, 0.29) is 11.3 Å². The van der Waals surface area contributed by atoms with Crippen LogP contribution in [0.15, 0.2) is 40.0 Å². The highest BCUT2D eigenvalue weighted by atomic mass is 32.2. The van der Waals surface area contributed by atoms with Crippen LogP contribution in [0.25, 0.3) is 0 Å². The van der Waals surface area contributed by atoms with Crippen LogP contribution in [0.1, 0.15) is 12.0 Å². The maximum absolute atomic E-state index is 11.8. The number of hydrogen-bond acceptors (Lipinski definition) is 4. The molecule has 0 saturated carbocycles. The van der Waals surface area contributed by atoms with Crippen LogP contribution < -0.4 is 0 Å². The summed E-state index contributed by atoms with van der Waals surface area (Å²) in [5.41, 5.74) is 0.994. The summed E-state index contributed by atoms with van der Waals surface area (Å²) in [6.45, 7) is 1.88. The lowest BCUT2D eigenvalue weighted by Crippen LogP contribution is -1.96. The Labute approximate surface area is 111 Å². The van der Waals surface area contributed by atoms with Crippen LogP contribution in [0.5, 0.6) is 0 Å². The van der Waals surface area contributed by atoms with Gasteiger partial charge in [-0.15, -0.1) is 11.8 Å². The molecule has 0 heterocycles. The van der Waals surface area contributed by atoms with E-state index < -0.39 is 15.8 Å². The zero-order valence-electron chi connectivity index (χ0n) is 9.87. The molecular weight excluding hydrogens is 272 g/mol. The summed E-state index contributed by atoms with van der Waals surface area (Å²) in [5, 5.41) is 10.9. The maximum Gasteiger partial charge on any atom is 0.304 e. The molecule has 0 amide bonds. The van der Waals surface area contributed by atoms with E-state index in [4.69, 9.17) is 5.11 Å². The van der Waals surface area contributed by atoms with Crippen LogP contribution in [0, 0.1) is 6.92 Å². The molecular formula is C12H14O4S2. The molecule has 0 aliphatic rings. The Balaban J connectivity index is 2.62. The normalized spacial score (nSPS) is 11.8. The SMILES string of the molecule is Cc1ccc(S(=O)(=O)/C=C/SCCC(=O)O)cc1. The minimum absolute atomic E-state index is 0.0135. The van der Waals surface area contributed by atoms with Gasteiger partial charge in [-0.2, -0.15) is 0 Å². The van der Waals surface area contributed by atoms with Crippen molar-refractivity contribution in [2.24, 2.45) is 0 Å². The number of carboxylic acid groups (broad SMARTS) is 1. The highest BCUT2D eigenvalue weighted by Crippen LogP contribution is 2.15. The summed E-state index contributed by atoms with van der Waals surface area (Å²) in [7, 11) is -3.43. The Morgan fingerprint density at radius 1 is 1.33 bits per heavy atom. The van der Waals surface area contributed by atoms with Crippen molar-refractivity contribution in [1.82, 2.24) is 0 Å². The Hall–Kier alpha value is -1.27. The number of carboxylic acids is 1. The van der Waals surface area contributed by atoms with E-state index in [1.54, 1.807) is 24.3 Å². The van der Waals surface area contributed by atoms with Gasteiger partial charge in [-0.05, 0) is 24.5 Å². The molecule has 6 heteroatoms. The fourth-order valence-electron chi connectivity index (χ4n) is 1.13. The Kier molecular flexibility index (Phi) is 5.43. The lowest BCUT2D eigenvalue weighted by atomic mass is 10.2. The van der Waals surface area contributed by atoms with Crippen molar-refractivity contribution in [1.29, 1.82) is 0 Å². The molecule has 4 nitrogen and oxygen atoms in total. The largest absolute Gasteiger partial charge is 0.481 e. The summed E-state index contributed by atoms with van der Waals surface area (Å²) in [6, 6.07) is 6.57. The molecule has 0 bridgehead atoms. The van der Waals surface area contributed by atoms with Gasteiger partial charge in [-0.1, -0.05) is 17.7 Å². The van der Waals surface area contributed by atoms with E-state index in [1.165, 1.54) is 17.2 Å². The predicted octanol–water partition coefficient (Wildman–Crippen LogP) is 2.45. The van der Waals surface area contributed by atoms with Gasteiger partial charge >= 0.3 is 5.97 Å². The van der Waals surface area contributed by atoms with E-state index in [2.05, 4.69) is 0 Å². The van der Waals surface area contributed by atoms with E-state index in [0.717, 1.165) is 11.0 Å². The van der Waals surface area contributed by atoms with Crippen molar-refractivity contribution < 1.29 is 18.3 Å². The molecule has 98 valence electrons. The second-order valence-corrected chi connectivity index (χ2v) is 6.49. The first-order valence-corrected chi connectivity index (χ1v) is 7.83. The molecule has 1 N–H and O–H groups in total. The molecule has 0 atom stereocenters. The second kappa shape index (κ2) is 6.61. The molecule has 1 aromatic carbocycles. The number of benzene rings is 1. The van der Waals surface area contributed by atoms with Gasteiger partial charge in [0.1, 0.15) is 0 Å².